The number of aromatic nitrogens is 2. The maximum atomic E-state index is 4.46. The van der Waals surface area contributed by atoms with E-state index in [1.54, 1.807) is 6.20 Å². The molecule has 18 heavy (non-hydrogen) atoms. The van der Waals surface area contributed by atoms with E-state index in [0.717, 1.165) is 31.4 Å². The third-order valence-corrected chi connectivity index (χ3v) is 2.86. The van der Waals surface area contributed by atoms with Crippen LogP contribution in [-0.2, 0) is 0 Å². The van der Waals surface area contributed by atoms with E-state index in [2.05, 4.69) is 41.0 Å². The molecule has 1 aromatic heterocycles. The Kier molecular flexibility index (Phi) is 5.85. The zero-order valence-electron chi connectivity index (χ0n) is 12.1. The van der Waals surface area contributed by atoms with Crippen molar-refractivity contribution in [3.8, 4) is 0 Å². The highest BCUT2D eigenvalue weighted by Crippen LogP contribution is 2.09. The van der Waals surface area contributed by atoms with Gasteiger partial charge >= 0.3 is 0 Å². The number of rotatable bonds is 7. The minimum Gasteiger partial charge on any atom is -0.366 e. The molecule has 0 saturated heterocycles. The van der Waals surface area contributed by atoms with E-state index in [4.69, 9.17) is 0 Å². The molecular weight excluding hydrogens is 226 g/mol. The van der Waals surface area contributed by atoms with Crippen LogP contribution in [0.4, 0.5) is 11.8 Å². The molecule has 1 N–H and O–H groups in total. The van der Waals surface area contributed by atoms with E-state index >= 15 is 0 Å². The summed E-state index contributed by atoms with van der Waals surface area (Å²) in [4.78, 5) is 13.0. The second-order valence-corrected chi connectivity index (χ2v) is 4.67. The van der Waals surface area contributed by atoms with Crippen LogP contribution in [0, 0.1) is 0 Å². The zero-order chi connectivity index (χ0) is 13.5. The summed E-state index contributed by atoms with van der Waals surface area (Å²) in [6, 6.07) is 2.28. The van der Waals surface area contributed by atoms with Crippen LogP contribution in [0.2, 0.25) is 0 Å². The predicted molar refractivity (Wildman–Crippen MR) is 77.2 cm³/mol. The van der Waals surface area contributed by atoms with E-state index < -0.39 is 0 Å². The quantitative estimate of drug-likeness (QED) is 0.799. The van der Waals surface area contributed by atoms with Crippen molar-refractivity contribution in [2.45, 2.75) is 26.8 Å². The molecule has 0 aliphatic carbocycles. The lowest BCUT2D eigenvalue weighted by Crippen LogP contribution is -2.35. The summed E-state index contributed by atoms with van der Waals surface area (Å²) >= 11 is 0. The van der Waals surface area contributed by atoms with Gasteiger partial charge in [0.2, 0.25) is 5.95 Å². The van der Waals surface area contributed by atoms with Crippen molar-refractivity contribution in [1.29, 1.82) is 0 Å². The van der Waals surface area contributed by atoms with Gasteiger partial charge in [0.25, 0.3) is 0 Å². The molecule has 0 aliphatic heterocycles. The average molecular weight is 251 g/mol. The molecule has 5 nitrogen and oxygen atoms in total. The first-order valence-corrected chi connectivity index (χ1v) is 6.56. The van der Waals surface area contributed by atoms with Crippen LogP contribution in [0.15, 0.2) is 12.3 Å². The molecule has 5 heteroatoms. The number of anilines is 2. The summed E-state index contributed by atoms with van der Waals surface area (Å²) in [5, 5.41) is 3.42. The average Bonchev–Trinajstić information content (AvgIpc) is 2.36. The van der Waals surface area contributed by atoms with Gasteiger partial charge in [-0.2, -0.15) is 4.98 Å². The van der Waals surface area contributed by atoms with Crippen molar-refractivity contribution in [3.05, 3.63) is 12.3 Å². The first-order valence-electron chi connectivity index (χ1n) is 6.56. The Morgan fingerprint density at radius 3 is 2.50 bits per heavy atom. The first-order chi connectivity index (χ1) is 8.56. The summed E-state index contributed by atoms with van der Waals surface area (Å²) in [7, 11) is 3.89. The molecule has 1 unspecified atom stereocenters. The van der Waals surface area contributed by atoms with Crippen LogP contribution in [0.25, 0.3) is 0 Å². The van der Waals surface area contributed by atoms with Gasteiger partial charge in [-0.3, -0.25) is 0 Å². The molecule has 0 aliphatic rings. The van der Waals surface area contributed by atoms with Gasteiger partial charge in [0.1, 0.15) is 5.82 Å². The Balaban J connectivity index is 2.58. The monoisotopic (exact) mass is 251 g/mol. The van der Waals surface area contributed by atoms with Crippen LogP contribution in [-0.4, -0.2) is 54.6 Å². The van der Waals surface area contributed by atoms with Crippen molar-refractivity contribution >= 4 is 11.8 Å². The van der Waals surface area contributed by atoms with Crippen LogP contribution < -0.4 is 10.2 Å². The predicted octanol–water partition coefficient (Wildman–Crippen LogP) is 1.68. The maximum absolute atomic E-state index is 4.46. The zero-order valence-corrected chi connectivity index (χ0v) is 12.1. The molecule has 0 amide bonds. The van der Waals surface area contributed by atoms with Crippen molar-refractivity contribution in [2.24, 2.45) is 0 Å². The lowest BCUT2D eigenvalue weighted by atomic mass is 10.3. The number of nitrogens with zero attached hydrogens (tertiary/aromatic N) is 4. The Hall–Kier alpha value is -1.36. The van der Waals surface area contributed by atoms with Gasteiger partial charge in [0.15, 0.2) is 0 Å². The lowest BCUT2D eigenvalue weighted by molar-refractivity contribution is 0.294. The highest BCUT2D eigenvalue weighted by Gasteiger charge is 2.08. The molecule has 0 bridgehead atoms. The molecule has 0 spiro atoms. The molecular formula is C13H25N5. The third-order valence-electron chi connectivity index (χ3n) is 2.86. The van der Waals surface area contributed by atoms with Gasteiger partial charge < -0.3 is 15.1 Å². The minimum atomic E-state index is 0.370. The molecule has 1 aromatic rings. The third kappa shape index (κ3) is 4.49. The fourth-order valence-electron chi connectivity index (χ4n) is 1.81. The van der Waals surface area contributed by atoms with Gasteiger partial charge in [0, 0.05) is 32.9 Å². The largest absolute Gasteiger partial charge is 0.366 e. The van der Waals surface area contributed by atoms with E-state index in [1.807, 2.05) is 25.1 Å². The van der Waals surface area contributed by atoms with Gasteiger partial charge in [-0.15, -0.1) is 0 Å². The molecule has 0 saturated carbocycles. The summed E-state index contributed by atoms with van der Waals surface area (Å²) in [6.45, 7) is 9.73. The van der Waals surface area contributed by atoms with Crippen LogP contribution in [0.1, 0.15) is 20.8 Å². The van der Waals surface area contributed by atoms with Crippen molar-refractivity contribution in [3.63, 3.8) is 0 Å². The van der Waals surface area contributed by atoms with Gasteiger partial charge in [-0.25, -0.2) is 4.98 Å². The van der Waals surface area contributed by atoms with Crippen molar-refractivity contribution in [1.82, 2.24) is 14.9 Å². The van der Waals surface area contributed by atoms with Crippen LogP contribution in [0.3, 0.4) is 0 Å². The lowest BCUT2D eigenvalue weighted by Gasteiger charge is -2.24. The second kappa shape index (κ2) is 7.16. The van der Waals surface area contributed by atoms with Crippen molar-refractivity contribution in [2.75, 3.05) is 43.9 Å². The minimum absolute atomic E-state index is 0.370. The molecule has 0 aromatic carbocycles. The molecule has 1 heterocycles. The number of likely N-dealkylation sites (N-methyl/N-ethyl adjacent to an activating group) is 1. The first kappa shape index (κ1) is 14.7. The highest BCUT2D eigenvalue weighted by atomic mass is 15.2. The standard InChI is InChI=1S/C13H25N5/c1-6-18(7-2)10-11(3)15-12-8-9-14-13(16-12)17(4)5/h8-9,11H,6-7,10H2,1-5H3,(H,14,15,16). The summed E-state index contributed by atoms with van der Waals surface area (Å²) in [5.74, 6) is 1.61. The fraction of sp³-hybridized carbons (Fsp3) is 0.692. The Morgan fingerprint density at radius 2 is 1.94 bits per heavy atom. The number of hydrogen-bond acceptors (Lipinski definition) is 5. The van der Waals surface area contributed by atoms with Gasteiger partial charge in [-0.1, -0.05) is 13.8 Å². The second-order valence-electron chi connectivity index (χ2n) is 4.67. The normalized spacial score (nSPS) is 12.6. The fourth-order valence-corrected chi connectivity index (χ4v) is 1.81. The topological polar surface area (TPSA) is 44.3 Å². The van der Waals surface area contributed by atoms with E-state index in [-0.39, 0.29) is 0 Å². The molecule has 1 atom stereocenters. The summed E-state index contributed by atoms with van der Waals surface area (Å²) in [5.41, 5.74) is 0. The van der Waals surface area contributed by atoms with Crippen LogP contribution in [0.5, 0.6) is 0 Å². The Morgan fingerprint density at radius 1 is 1.28 bits per heavy atom. The van der Waals surface area contributed by atoms with Gasteiger partial charge in [-0.05, 0) is 26.1 Å². The molecule has 1 rings (SSSR count). The summed E-state index contributed by atoms with van der Waals surface area (Å²) in [6.07, 6.45) is 1.79. The highest BCUT2D eigenvalue weighted by molar-refractivity contribution is 5.40. The Bertz CT molecular complexity index is 349. The molecule has 0 fully saturated rings. The molecule has 102 valence electrons. The van der Waals surface area contributed by atoms with Crippen LogP contribution >= 0.6 is 0 Å². The molecule has 0 radical (unpaired) electrons. The van der Waals surface area contributed by atoms with E-state index in [0.29, 0.717) is 6.04 Å². The SMILES string of the molecule is CCN(CC)CC(C)Nc1ccnc(N(C)C)n1. The van der Waals surface area contributed by atoms with E-state index in [9.17, 15) is 0 Å². The number of nitrogens with one attached hydrogen (secondary N) is 1. The smallest absolute Gasteiger partial charge is 0.226 e. The van der Waals surface area contributed by atoms with Gasteiger partial charge in [0.05, 0.1) is 0 Å². The Labute approximate surface area is 110 Å². The van der Waals surface area contributed by atoms with Crippen molar-refractivity contribution < 1.29 is 0 Å². The maximum Gasteiger partial charge on any atom is 0.226 e. The number of hydrogen-bond donors (Lipinski definition) is 1. The van der Waals surface area contributed by atoms with E-state index in [1.165, 1.54) is 0 Å². The summed E-state index contributed by atoms with van der Waals surface area (Å²) < 4.78 is 0.